The summed E-state index contributed by atoms with van der Waals surface area (Å²) in [5.74, 6) is -0.164. The van der Waals surface area contributed by atoms with Gasteiger partial charge in [0, 0.05) is 40.2 Å². The summed E-state index contributed by atoms with van der Waals surface area (Å²) in [6.45, 7) is 0.342. The number of methoxy groups -OCH3 is 3. The Bertz CT molecular complexity index is 1220. The molecular weight excluding hydrogens is 475 g/mol. The number of rotatable bonds is 9. The van der Waals surface area contributed by atoms with Crippen molar-refractivity contribution in [1.29, 1.82) is 5.26 Å². The van der Waals surface area contributed by atoms with Crippen LogP contribution >= 0.6 is 23.2 Å². The van der Waals surface area contributed by atoms with E-state index in [4.69, 9.17) is 37.4 Å². The number of halogens is 2. The number of carbonyl (C=O) groups is 1. The zero-order valence-electron chi connectivity index (χ0n) is 19.5. The fourth-order valence-corrected chi connectivity index (χ4v) is 4.35. The summed E-state index contributed by atoms with van der Waals surface area (Å²) >= 11 is 12.4. The van der Waals surface area contributed by atoms with E-state index in [0.717, 1.165) is 10.9 Å². The Balaban J connectivity index is 2.02. The van der Waals surface area contributed by atoms with Crippen molar-refractivity contribution in [3.63, 3.8) is 0 Å². The first-order chi connectivity index (χ1) is 16.3. The SMILES string of the molecule is COc1c(C#N)cc2ccccc2c1C(=O)N(C)CC(CC(OC)OC)c1ccc(Cl)c(Cl)c1. The first-order valence-corrected chi connectivity index (χ1v) is 11.4. The second-order valence-corrected chi connectivity index (χ2v) is 8.67. The van der Waals surface area contributed by atoms with E-state index < -0.39 is 6.29 Å². The maximum atomic E-state index is 13.7. The van der Waals surface area contributed by atoms with Gasteiger partial charge < -0.3 is 19.1 Å². The Kier molecular flexibility index (Phi) is 8.76. The molecule has 0 saturated heterocycles. The van der Waals surface area contributed by atoms with Gasteiger partial charge in [-0.25, -0.2) is 0 Å². The third-order valence-electron chi connectivity index (χ3n) is 5.80. The van der Waals surface area contributed by atoms with Crippen LogP contribution in [-0.2, 0) is 9.47 Å². The number of fused-ring (bicyclic) bond motifs is 1. The van der Waals surface area contributed by atoms with Crippen LogP contribution in [0.2, 0.25) is 10.0 Å². The van der Waals surface area contributed by atoms with E-state index in [2.05, 4.69) is 6.07 Å². The molecular formula is C26H26Cl2N2O4. The topological polar surface area (TPSA) is 71.8 Å². The number of carbonyl (C=O) groups excluding carboxylic acids is 1. The average molecular weight is 501 g/mol. The minimum atomic E-state index is -0.472. The number of nitrogens with zero attached hydrogens (tertiary/aromatic N) is 2. The molecule has 1 amide bonds. The first kappa shape index (κ1) is 25.8. The third kappa shape index (κ3) is 5.45. The number of ether oxygens (including phenoxy) is 3. The van der Waals surface area contributed by atoms with E-state index in [1.165, 1.54) is 7.11 Å². The van der Waals surface area contributed by atoms with Gasteiger partial charge in [0.15, 0.2) is 6.29 Å². The lowest BCUT2D eigenvalue weighted by Gasteiger charge is -2.28. The van der Waals surface area contributed by atoms with Crippen LogP contribution in [-0.4, -0.2) is 52.0 Å². The largest absolute Gasteiger partial charge is 0.495 e. The minimum Gasteiger partial charge on any atom is -0.495 e. The average Bonchev–Trinajstić information content (AvgIpc) is 2.86. The van der Waals surface area contributed by atoms with E-state index in [9.17, 15) is 10.1 Å². The van der Waals surface area contributed by atoms with E-state index in [-0.39, 0.29) is 17.6 Å². The van der Waals surface area contributed by atoms with Gasteiger partial charge in [0.05, 0.1) is 28.3 Å². The van der Waals surface area contributed by atoms with E-state index >= 15 is 0 Å². The van der Waals surface area contributed by atoms with Gasteiger partial charge in [-0.3, -0.25) is 4.79 Å². The lowest BCUT2D eigenvalue weighted by Crippen LogP contribution is -2.33. The predicted octanol–water partition coefficient (Wildman–Crippen LogP) is 5.89. The van der Waals surface area contributed by atoms with E-state index in [1.54, 1.807) is 44.4 Å². The lowest BCUT2D eigenvalue weighted by molar-refractivity contribution is -0.110. The molecule has 0 aliphatic rings. The maximum Gasteiger partial charge on any atom is 0.258 e. The molecule has 0 fully saturated rings. The normalized spacial score (nSPS) is 11.9. The van der Waals surface area contributed by atoms with Crippen molar-refractivity contribution in [1.82, 2.24) is 4.90 Å². The summed E-state index contributed by atoms with van der Waals surface area (Å²) in [5, 5.41) is 12.0. The summed E-state index contributed by atoms with van der Waals surface area (Å²) in [5.41, 5.74) is 1.55. The number of nitriles is 1. The zero-order valence-corrected chi connectivity index (χ0v) is 21.0. The molecule has 1 unspecified atom stereocenters. The van der Waals surface area contributed by atoms with Crippen LogP contribution in [0, 0.1) is 11.3 Å². The Labute approximate surface area is 209 Å². The van der Waals surface area contributed by atoms with Crippen molar-refractivity contribution in [2.45, 2.75) is 18.6 Å². The number of likely N-dealkylation sites (N-methyl/N-ethyl adjacent to an activating group) is 1. The third-order valence-corrected chi connectivity index (χ3v) is 6.54. The van der Waals surface area contributed by atoms with Crippen LogP contribution < -0.4 is 4.74 Å². The summed E-state index contributed by atoms with van der Waals surface area (Å²) < 4.78 is 16.4. The Morgan fingerprint density at radius 1 is 1.06 bits per heavy atom. The second kappa shape index (κ2) is 11.5. The van der Waals surface area contributed by atoms with Crippen LogP contribution in [0.1, 0.15) is 33.8 Å². The van der Waals surface area contributed by atoms with Crippen molar-refractivity contribution in [3.8, 4) is 11.8 Å². The van der Waals surface area contributed by atoms with E-state index in [0.29, 0.717) is 39.5 Å². The highest BCUT2D eigenvalue weighted by atomic mass is 35.5. The van der Waals surface area contributed by atoms with Crippen molar-refractivity contribution in [2.75, 3.05) is 34.9 Å². The van der Waals surface area contributed by atoms with Crippen molar-refractivity contribution < 1.29 is 19.0 Å². The van der Waals surface area contributed by atoms with Gasteiger partial charge >= 0.3 is 0 Å². The standard InChI is InChI=1S/C26H26Cl2N2O4/c1-30(15-19(13-23(32-2)33-3)16-9-10-21(27)22(28)12-16)26(31)24-20-8-6-5-7-17(20)11-18(14-29)25(24)34-4/h5-12,19,23H,13,15H2,1-4H3. The molecule has 8 heteroatoms. The molecule has 34 heavy (non-hydrogen) atoms. The van der Waals surface area contributed by atoms with Crippen LogP contribution in [0.25, 0.3) is 10.8 Å². The molecule has 0 aliphatic heterocycles. The highest BCUT2D eigenvalue weighted by molar-refractivity contribution is 6.42. The van der Waals surface area contributed by atoms with Gasteiger partial charge in [0.1, 0.15) is 11.8 Å². The fourth-order valence-electron chi connectivity index (χ4n) is 4.04. The van der Waals surface area contributed by atoms with E-state index in [1.807, 2.05) is 30.3 Å². The molecule has 3 aromatic carbocycles. The quantitative estimate of drug-likeness (QED) is 0.342. The van der Waals surface area contributed by atoms with Gasteiger partial charge in [-0.1, -0.05) is 53.5 Å². The molecule has 0 N–H and O–H groups in total. The lowest BCUT2D eigenvalue weighted by atomic mass is 9.93. The van der Waals surface area contributed by atoms with Crippen LogP contribution in [0.3, 0.4) is 0 Å². The number of hydrogen-bond acceptors (Lipinski definition) is 5. The van der Waals surface area contributed by atoms with Crippen molar-refractivity contribution in [3.05, 3.63) is 75.3 Å². The van der Waals surface area contributed by atoms with Gasteiger partial charge in [-0.05, 0) is 34.5 Å². The van der Waals surface area contributed by atoms with Gasteiger partial charge in [0.2, 0.25) is 0 Å². The summed E-state index contributed by atoms with van der Waals surface area (Å²) in [4.78, 5) is 15.4. The molecule has 3 rings (SSSR count). The molecule has 6 nitrogen and oxygen atoms in total. The van der Waals surface area contributed by atoms with Gasteiger partial charge in [-0.2, -0.15) is 5.26 Å². The number of amides is 1. The molecule has 0 bridgehead atoms. The molecule has 3 aromatic rings. The minimum absolute atomic E-state index is 0.162. The van der Waals surface area contributed by atoms with Crippen LogP contribution in [0.4, 0.5) is 0 Å². The monoisotopic (exact) mass is 500 g/mol. The number of benzene rings is 3. The summed E-state index contributed by atoms with van der Waals surface area (Å²) in [6.07, 6.45) is 0.0128. The maximum absolute atomic E-state index is 13.7. The summed E-state index contributed by atoms with van der Waals surface area (Å²) in [7, 11) is 6.31. The molecule has 0 aromatic heterocycles. The van der Waals surface area contributed by atoms with Crippen LogP contribution in [0.15, 0.2) is 48.5 Å². The molecule has 0 spiro atoms. The number of hydrogen-bond donors (Lipinski definition) is 0. The first-order valence-electron chi connectivity index (χ1n) is 10.6. The second-order valence-electron chi connectivity index (χ2n) is 7.86. The van der Waals surface area contributed by atoms with Crippen LogP contribution in [0.5, 0.6) is 5.75 Å². The summed E-state index contributed by atoms with van der Waals surface area (Å²) in [6, 6.07) is 16.7. The van der Waals surface area contributed by atoms with Gasteiger partial charge in [0.25, 0.3) is 5.91 Å². The zero-order chi connectivity index (χ0) is 24.8. The molecule has 0 radical (unpaired) electrons. The highest BCUT2D eigenvalue weighted by Gasteiger charge is 2.27. The Morgan fingerprint density at radius 2 is 1.76 bits per heavy atom. The van der Waals surface area contributed by atoms with Crippen molar-refractivity contribution >= 4 is 39.9 Å². The Morgan fingerprint density at radius 3 is 2.38 bits per heavy atom. The fraction of sp³-hybridized carbons (Fsp3) is 0.308. The molecule has 0 saturated carbocycles. The molecule has 178 valence electrons. The van der Waals surface area contributed by atoms with Gasteiger partial charge in [-0.15, -0.1) is 0 Å². The van der Waals surface area contributed by atoms with Crippen molar-refractivity contribution in [2.24, 2.45) is 0 Å². The molecule has 0 heterocycles. The smallest absolute Gasteiger partial charge is 0.258 e. The Hall–Kier alpha value is -2.82. The highest BCUT2D eigenvalue weighted by Crippen LogP contribution is 2.34. The predicted molar refractivity (Wildman–Crippen MR) is 134 cm³/mol. The molecule has 1 atom stereocenters. The molecule has 0 aliphatic carbocycles.